The molecule has 0 radical (unpaired) electrons. The summed E-state index contributed by atoms with van der Waals surface area (Å²) in [6.07, 6.45) is 10.3. The van der Waals surface area contributed by atoms with Crippen molar-refractivity contribution in [1.29, 1.82) is 0 Å². The zero-order valence-corrected chi connectivity index (χ0v) is 33.5. The number of carbonyl (C=O) groups is 3. The number of nitrogens with one attached hydrogen (secondary N) is 1. The van der Waals surface area contributed by atoms with Gasteiger partial charge in [-0.05, 0) is 80.4 Å². The number of nitrogens with zero attached hydrogens (tertiary/aromatic N) is 9. The van der Waals surface area contributed by atoms with Gasteiger partial charge in [-0.25, -0.2) is 4.98 Å². The maximum atomic E-state index is 15.8. The third-order valence-corrected chi connectivity index (χ3v) is 12.6. The number of anilines is 5. The fourth-order valence-corrected chi connectivity index (χ4v) is 9.31. The Morgan fingerprint density at radius 3 is 2.41 bits per heavy atom. The molecule has 2 fully saturated rings. The zero-order chi connectivity index (χ0) is 40.2. The van der Waals surface area contributed by atoms with E-state index < -0.39 is 7.26 Å². The minimum Gasteiger partial charge on any atom is -0.431 e. The third-order valence-electron chi connectivity index (χ3n) is 12.6. The van der Waals surface area contributed by atoms with Crippen LogP contribution in [0.1, 0.15) is 63.4 Å². The molecule has 0 bridgehead atoms. The number of amides is 3. The van der Waals surface area contributed by atoms with Crippen molar-refractivity contribution >= 4 is 65.6 Å². The van der Waals surface area contributed by atoms with Gasteiger partial charge < -0.3 is 38.2 Å². The maximum Gasteiger partial charge on any atom is 0.536 e. The molecule has 4 aromatic rings. The Morgan fingerprint density at radius 2 is 1.66 bits per heavy atom. The molecule has 58 heavy (non-hydrogen) atoms. The molecular formula is C43H48BFN10O3. The van der Waals surface area contributed by atoms with E-state index in [0.29, 0.717) is 73.6 Å². The third kappa shape index (κ3) is 6.66. The number of hydrogen-bond donors (Lipinski definition) is 1. The lowest BCUT2D eigenvalue weighted by atomic mass is 9.96. The number of rotatable bonds is 7. The Morgan fingerprint density at radius 1 is 0.914 bits per heavy atom. The molecule has 2 aromatic heterocycles. The molecule has 2 aromatic carbocycles. The van der Waals surface area contributed by atoms with Crippen LogP contribution in [0.4, 0.5) is 33.1 Å². The van der Waals surface area contributed by atoms with Crippen molar-refractivity contribution in [3.63, 3.8) is 0 Å². The van der Waals surface area contributed by atoms with Crippen LogP contribution in [0.25, 0.3) is 6.08 Å². The van der Waals surface area contributed by atoms with Gasteiger partial charge in [-0.2, -0.15) is 4.98 Å². The van der Waals surface area contributed by atoms with Crippen molar-refractivity contribution < 1.29 is 23.2 Å². The number of likely N-dealkylation sites (tertiary alicyclic amines) is 1. The molecule has 5 aliphatic rings. The molecular weight excluding hydrogens is 734 g/mol. The van der Waals surface area contributed by atoms with Gasteiger partial charge in [0.1, 0.15) is 11.4 Å². The molecule has 1 atom stereocenters. The monoisotopic (exact) mass is 782 g/mol. The number of halogens is 1. The molecule has 15 heteroatoms. The van der Waals surface area contributed by atoms with Gasteiger partial charge in [-0.1, -0.05) is 12.1 Å². The van der Waals surface area contributed by atoms with Crippen molar-refractivity contribution in [2.24, 2.45) is 0 Å². The molecule has 7 heterocycles. The normalized spacial score (nSPS) is 19.4. The minimum atomic E-state index is -2.30. The van der Waals surface area contributed by atoms with Crippen LogP contribution >= 0.6 is 0 Å². The molecule has 2 saturated heterocycles. The van der Waals surface area contributed by atoms with E-state index in [-0.39, 0.29) is 17.7 Å². The van der Waals surface area contributed by atoms with E-state index in [1.165, 1.54) is 0 Å². The summed E-state index contributed by atoms with van der Waals surface area (Å²) in [4.78, 5) is 59.0. The first-order chi connectivity index (χ1) is 28.0. The quantitative estimate of drug-likeness (QED) is 0.257. The summed E-state index contributed by atoms with van der Waals surface area (Å²) in [5, 5.41) is 3.25. The second kappa shape index (κ2) is 15.0. The van der Waals surface area contributed by atoms with Crippen LogP contribution in [0, 0.1) is 13.8 Å². The minimum absolute atomic E-state index is 0.0107. The number of piperazine rings is 1. The Balaban J connectivity index is 0.747. The molecule has 1 N–H and O–H groups in total. The van der Waals surface area contributed by atoms with E-state index in [2.05, 4.69) is 15.2 Å². The Labute approximate surface area is 337 Å². The lowest BCUT2D eigenvalue weighted by molar-refractivity contribution is -0.335. The molecule has 5 aliphatic heterocycles. The lowest BCUT2D eigenvalue weighted by Gasteiger charge is -2.42. The van der Waals surface area contributed by atoms with Crippen molar-refractivity contribution in [1.82, 2.24) is 29.1 Å². The molecule has 0 saturated carbocycles. The standard InChI is InChI=1S/C43H48BFN10O3/c1-28-25-29(2)54-37(28)26-34-14-13-33(55(34)44(54)45)15-16-39(56)52-23-21-51(22-24-52)32-17-19-53(20-18-32)41(57)30-9-11-31(12-10-30)47-43-46-27-38-40(48-43)49(3)36-8-6-5-7-35(36)42(58)50(38)4/h5-14,25-27,32,44H,15-24H2,1-4H3,(H,46,47,48). The van der Waals surface area contributed by atoms with Crippen molar-refractivity contribution in [2.75, 3.05) is 68.5 Å². The summed E-state index contributed by atoms with van der Waals surface area (Å²) < 4.78 is 19.4. The largest absolute Gasteiger partial charge is 0.536 e. The van der Waals surface area contributed by atoms with Gasteiger partial charge >= 0.3 is 7.26 Å². The fraction of sp³-hybridized carbons (Fsp3) is 0.349. The molecule has 3 amide bonds. The van der Waals surface area contributed by atoms with Crippen LogP contribution in [0.15, 0.2) is 78.6 Å². The topological polar surface area (TPSA) is 113 Å². The van der Waals surface area contributed by atoms with Crippen LogP contribution in [-0.4, -0.2) is 124 Å². The molecule has 0 aliphatic carbocycles. The summed E-state index contributed by atoms with van der Waals surface area (Å²) in [5.41, 5.74) is 8.01. The summed E-state index contributed by atoms with van der Waals surface area (Å²) in [5.74, 6) is 0.986. The molecule has 298 valence electrons. The number of fused-ring (bicyclic) bond motifs is 4. The van der Waals surface area contributed by atoms with Gasteiger partial charge in [0.2, 0.25) is 11.9 Å². The van der Waals surface area contributed by atoms with Gasteiger partial charge in [-0.3, -0.25) is 19.3 Å². The maximum absolute atomic E-state index is 15.8. The molecule has 13 nitrogen and oxygen atoms in total. The summed E-state index contributed by atoms with van der Waals surface area (Å²) >= 11 is 0. The average Bonchev–Trinajstić information content (AvgIpc) is 3.79. The smallest absolute Gasteiger partial charge is 0.431 e. The highest BCUT2D eigenvalue weighted by Crippen LogP contribution is 2.38. The van der Waals surface area contributed by atoms with E-state index in [1.54, 1.807) is 22.6 Å². The van der Waals surface area contributed by atoms with Gasteiger partial charge in [0.25, 0.3) is 11.8 Å². The number of allylic oxidation sites excluding steroid dienone is 2. The van der Waals surface area contributed by atoms with E-state index in [4.69, 9.17) is 4.98 Å². The van der Waals surface area contributed by atoms with E-state index in [0.717, 1.165) is 65.7 Å². The van der Waals surface area contributed by atoms with Crippen LogP contribution < -0.4 is 15.1 Å². The van der Waals surface area contributed by atoms with Crippen LogP contribution in [-0.2, 0) is 4.79 Å². The Bertz CT molecular complexity index is 2410. The predicted molar refractivity (Wildman–Crippen MR) is 225 cm³/mol. The number of para-hydroxylation sites is 1. The molecule has 1 unspecified atom stereocenters. The number of carbonyl (C=O) groups excluding carboxylic acids is 3. The predicted octanol–water partition coefficient (Wildman–Crippen LogP) is 5.14. The lowest BCUT2D eigenvalue weighted by Crippen LogP contribution is -2.54. The highest BCUT2D eigenvalue weighted by molar-refractivity contribution is 6.43. The van der Waals surface area contributed by atoms with Gasteiger partial charge in [0, 0.05) is 107 Å². The number of piperidine rings is 1. The number of aromatic nitrogens is 3. The van der Waals surface area contributed by atoms with Crippen LogP contribution in [0.2, 0.25) is 0 Å². The Hall–Kier alpha value is -6.09. The van der Waals surface area contributed by atoms with Crippen LogP contribution in [0.5, 0.6) is 0 Å². The van der Waals surface area contributed by atoms with E-state index >= 15 is 4.32 Å². The highest BCUT2D eigenvalue weighted by atomic mass is 19.1. The molecule has 9 rings (SSSR count). The first kappa shape index (κ1) is 37.5. The highest BCUT2D eigenvalue weighted by Gasteiger charge is 2.35. The second-order valence-corrected chi connectivity index (χ2v) is 16.0. The van der Waals surface area contributed by atoms with Crippen molar-refractivity contribution in [3.05, 3.63) is 107 Å². The van der Waals surface area contributed by atoms with E-state index in [9.17, 15) is 14.4 Å². The second-order valence-electron chi connectivity index (χ2n) is 16.0. The summed E-state index contributed by atoms with van der Waals surface area (Å²) in [6.45, 7) is 8.31. The van der Waals surface area contributed by atoms with Gasteiger partial charge in [0.15, 0.2) is 11.5 Å². The first-order valence-corrected chi connectivity index (χ1v) is 20.3. The SMILES string of the molecule is Cc1cc(C)n2c1C=C1C=CC(CCC(=O)N3CCN(C4CCN(C(=O)c5ccc(Nc6ncc7c(n6)N(C)c6ccccc6C(=O)N7C)cc5)CC4)CC3)=[N+]1[BH-]2F. The fourth-order valence-electron chi connectivity index (χ4n) is 9.31. The summed E-state index contributed by atoms with van der Waals surface area (Å²) in [7, 11) is 1.31. The average molecular weight is 783 g/mol. The Kier molecular flexibility index (Phi) is 9.71. The van der Waals surface area contributed by atoms with Crippen LogP contribution in [0.3, 0.4) is 0 Å². The number of hydrogen-bond acceptors (Lipinski definition) is 8. The molecule has 0 spiro atoms. The van der Waals surface area contributed by atoms with Gasteiger partial charge in [0.05, 0.1) is 17.4 Å². The first-order valence-electron chi connectivity index (χ1n) is 20.3. The number of aryl methyl sites for hydroxylation is 2. The van der Waals surface area contributed by atoms with E-state index in [1.807, 2.05) is 113 Å². The van der Waals surface area contributed by atoms with Crippen molar-refractivity contribution in [2.45, 2.75) is 45.6 Å². The zero-order valence-electron chi connectivity index (χ0n) is 33.5. The van der Waals surface area contributed by atoms with Crippen molar-refractivity contribution in [3.8, 4) is 0 Å². The number of benzene rings is 2. The summed E-state index contributed by atoms with van der Waals surface area (Å²) in [6, 6.07) is 17.2. The van der Waals surface area contributed by atoms with Gasteiger partial charge in [-0.15, -0.1) is 0 Å².